The van der Waals surface area contributed by atoms with Gasteiger partial charge in [-0.05, 0) is 26.5 Å². The lowest BCUT2D eigenvalue weighted by Crippen LogP contribution is -2.46. The minimum Gasteiger partial charge on any atom is -0.340 e. The van der Waals surface area contributed by atoms with Crippen LogP contribution in [0.3, 0.4) is 0 Å². The molecule has 1 saturated heterocycles. The third kappa shape index (κ3) is 4.97. The van der Waals surface area contributed by atoms with Gasteiger partial charge in [0, 0.05) is 37.3 Å². The summed E-state index contributed by atoms with van der Waals surface area (Å²) in [6, 6.07) is 0. The maximum Gasteiger partial charge on any atom is 0.222 e. The summed E-state index contributed by atoms with van der Waals surface area (Å²) in [7, 11) is 3.63. The van der Waals surface area contributed by atoms with Crippen LogP contribution < -0.4 is 5.32 Å². The van der Waals surface area contributed by atoms with Crippen LogP contribution >= 0.6 is 21.6 Å². The van der Waals surface area contributed by atoms with E-state index in [1.165, 1.54) is 0 Å². The van der Waals surface area contributed by atoms with Crippen molar-refractivity contribution in [3.05, 3.63) is 0 Å². The van der Waals surface area contributed by atoms with Gasteiger partial charge in [0.1, 0.15) is 0 Å². The number of rotatable bonds is 5. The molecule has 0 atom stereocenters. The van der Waals surface area contributed by atoms with Crippen LogP contribution in [0.1, 0.15) is 26.7 Å². The quantitative estimate of drug-likeness (QED) is 0.768. The predicted octanol–water partition coefficient (Wildman–Crippen LogP) is 1.99. The third-order valence-corrected chi connectivity index (χ3v) is 5.40. The molecule has 1 aliphatic rings. The normalized spacial score (nSPS) is 17.6. The van der Waals surface area contributed by atoms with E-state index in [9.17, 15) is 4.79 Å². The molecule has 0 saturated carbocycles. The van der Waals surface area contributed by atoms with Crippen LogP contribution in [0, 0.1) is 0 Å². The van der Waals surface area contributed by atoms with Crippen molar-refractivity contribution >= 4 is 27.5 Å². The van der Waals surface area contributed by atoms with Gasteiger partial charge < -0.3 is 10.2 Å². The summed E-state index contributed by atoms with van der Waals surface area (Å²) in [5.41, 5.74) is 0. The second kappa shape index (κ2) is 6.77. The minimum absolute atomic E-state index is 0.198. The topological polar surface area (TPSA) is 32.3 Å². The third-order valence-electron chi connectivity index (χ3n) is 2.72. The summed E-state index contributed by atoms with van der Waals surface area (Å²) in [5.74, 6) is 0.316. The van der Waals surface area contributed by atoms with Gasteiger partial charge in [0.25, 0.3) is 0 Å². The highest BCUT2D eigenvalue weighted by Gasteiger charge is 2.22. The Bertz CT molecular complexity index is 228. The highest BCUT2D eigenvalue weighted by atomic mass is 33.1. The van der Waals surface area contributed by atoms with Crippen LogP contribution in [0.2, 0.25) is 0 Å². The van der Waals surface area contributed by atoms with Crippen LogP contribution in [0.25, 0.3) is 0 Å². The Kier molecular flexibility index (Phi) is 6.00. The number of hydrogen-bond donors (Lipinski definition) is 1. The molecule has 0 aromatic heterocycles. The number of carbonyl (C=O) groups is 1. The Morgan fingerprint density at radius 1 is 1.38 bits per heavy atom. The predicted molar refractivity (Wildman–Crippen MR) is 73.9 cm³/mol. The fourth-order valence-electron chi connectivity index (χ4n) is 1.75. The largest absolute Gasteiger partial charge is 0.340 e. The lowest BCUT2D eigenvalue weighted by molar-refractivity contribution is -0.131. The Labute approximate surface area is 107 Å². The first kappa shape index (κ1) is 14.2. The number of amides is 1. The molecule has 5 heteroatoms. The Morgan fingerprint density at radius 2 is 2.00 bits per heavy atom. The molecule has 1 amide bonds. The molecule has 0 unspecified atom stereocenters. The monoisotopic (exact) mass is 262 g/mol. The summed E-state index contributed by atoms with van der Waals surface area (Å²) < 4.78 is 0.198. The van der Waals surface area contributed by atoms with Gasteiger partial charge in [0.2, 0.25) is 5.91 Å². The second-order valence-corrected chi connectivity index (χ2v) is 7.75. The first-order valence-electron chi connectivity index (χ1n) is 5.75. The van der Waals surface area contributed by atoms with Crippen LogP contribution in [0.5, 0.6) is 0 Å². The molecule has 0 aromatic rings. The highest BCUT2D eigenvalue weighted by Crippen LogP contribution is 2.37. The van der Waals surface area contributed by atoms with Gasteiger partial charge in [-0.3, -0.25) is 4.79 Å². The zero-order valence-electron chi connectivity index (χ0n) is 10.4. The fourth-order valence-corrected chi connectivity index (χ4v) is 3.99. The van der Waals surface area contributed by atoms with E-state index in [2.05, 4.69) is 25.4 Å². The van der Waals surface area contributed by atoms with Crippen molar-refractivity contribution in [3.63, 3.8) is 0 Å². The van der Waals surface area contributed by atoms with E-state index >= 15 is 0 Å². The molecule has 16 heavy (non-hydrogen) atoms. The Balaban J connectivity index is 2.28. The van der Waals surface area contributed by atoms with Crippen LogP contribution in [-0.2, 0) is 4.79 Å². The van der Waals surface area contributed by atoms with Gasteiger partial charge in [0.15, 0.2) is 0 Å². The number of nitrogens with one attached hydrogen (secondary N) is 1. The minimum atomic E-state index is 0.198. The summed E-state index contributed by atoms with van der Waals surface area (Å²) in [6.07, 6.45) is 3.73. The van der Waals surface area contributed by atoms with Gasteiger partial charge in [-0.1, -0.05) is 21.6 Å². The molecule has 0 aromatic carbocycles. The molecular weight excluding hydrogens is 240 g/mol. The molecule has 0 bridgehead atoms. The first-order chi connectivity index (χ1) is 7.55. The Morgan fingerprint density at radius 3 is 2.56 bits per heavy atom. The van der Waals surface area contributed by atoms with E-state index in [1.54, 1.807) is 10.8 Å². The highest BCUT2D eigenvalue weighted by molar-refractivity contribution is 8.76. The summed E-state index contributed by atoms with van der Waals surface area (Å²) in [4.78, 5) is 13.9. The van der Waals surface area contributed by atoms with E-state index < -0.39 is 0 Å². The number of nitrogens with zero attached hydrogens (tertiary/aromatic N) is 1. The number of piperazine rings is 1. The lowest BCUT2D eigenvalue weighted by Gasteiger charge is -2.29. The van der Waals surface area contributed by atoms with Crippen LogP contribution in [-0.4, -0.2) is 48.0 Å². The Hall–Kier alpha value is 0.130. The number of carbonyl (C=O) groups excluding carboxylic acids is 1. The van der Waals surface area contributed by atoms with Gasteiger partial charge in [-0.2, -0.15) is 0 Å². The van der Waals surface area contributed by atoms with Crippen LogP contribution in [0.4, 0.5) is 0 Å². The van der Waals surface area contributed by atoms with E-state index in [0.717, 1.165) is 32.6 Å². The van der Waals surface area contributed by atoms with Crippen molar-refractivity contribution in [3.8, 4) is 0 Å². The van der Waals surface area contributed by atoms with E-state index in [4.69, 9.17) is 0 Å². The molecule has 1 aliphatic heterocycles. The molecule has 1 rings (SSSR count). The zero-order chi connectivity index (χ0) is 12.0. The van der Waals surface area contributed by atoms with Gasteiger partial charge in [-0.15, -0.1) is 0 Å². The van der Waals surface area contributed by atoms with Gasteiger partial charge in [0.05, 0.1) is 0 Å². The maximum absolute atomic E-state index is 11.9. The molecule has 94 valence electrons. The van der Waals surface area contributed by atoms with Gasteiger partial charge in [-0.25, -0.2) is 0 Å². The average molecular weight is 262 g/mol. The van der Waals surface area contributed by atoms with E-state index in [-0.39, 0.29) is 4.75 Å². The smallest absolute Gasteiger partial charge is 0.222 e. The molecule has 1 heterocycles. The van der Waals surface area contributed by atoms with Crippen LogP contribution in [0.15, 0.2) is 0 Å². The molecule has 0 radical (unpaired) electrons. The van der Waals surface area contributed by atoms with Crippen molar-refractivity contribution < 1.29 is 4.79 Å². The number of hydrogen-bond acceptors (Lipinski definition) is 4. The molecule has 0 spiro atoms. The first-order valence-corrected chi connectivity index (χ1v) is 8.31. The summed E-state index contributed by atoms with van der Waals surface area (Å²) >= 11 is 0. The van der Waals surface area contributed by atoms with E-state index in [0.29, 0.717) is 12.3 Å². The SMILES string of the molecule is CSSC(C)(C)CCC(=O)N1CCNCC1. The summed E-state index contributed by atoms with van der Waals surface area (Å²) in [5, 5.41) is 3.26. The standard InChI is InChI=1S/C11H22N2OS2/c1-11(2,16-15-3)5-4-10(14)13-8-6-12-7-9-13/h12H,4-9H2,1-3H3. The molecule has 1 N–H and O–H groups in total. The van der Waals surface area contributed by atoms with Crippen molar-refractivity contribution in [2.75, 3.05) is 32.4 Å². The van der Waals surface area contributed by atoms with Crippen molar-refractivity contribution in [1.29, 1.82) is 0 Å². The molecule has 3 nitrogen and oxygen atoms in total. The molecular formula is C11H22N2OS2. The second-order valence-electron chi connectivity index (χ2n) is 4.64. The van der Waals surface area contributed by atoms with Crippen molar-refractivity contribution in [2.45, 2.75) is 31.4 Å². The van der Waals surface area contributed by atoms with Crippen molar-refractivity contribution in [2.24, 2.45) is 0 Å². The van der Waals surface area contributed by atoms with E-state index in [1.807, 2.05) is 15.7 Å². The molecule has 1 fully saturated rings. The summed E-state index contributed by atoms with van der Waals surface area (Å²) in [6.45, 7) is 8.03. The lowest BCUT2D eigenvalue weighted by atomic mass is 10.1. The van der Waals surface area contributed by atoms with Gasteiger partial charge >= 0.3 is 0 Å². The zero-order valence-corrected chi connectivity index (χ0v) is 12.0. The fraction of sp³-hybridized carbons (Fsp3) is 0.909. The maximum atomic E-state index is 11.9. The molecule has 0 aliphatic carbocycles. The van der Waals surface area contributed by atoms with Crippen molar-refractivity contribution in [1.82, 2.24) is 10.2 Å². The average Bonchev–Trinajstić information content (AvgIpc) is 2.27.